The van der Waals surface area contributed by atoms with Crippen LogP contribution in [0.25, 0.3) is 0 Å². The number of carbonyl (C=O) groups is 1. The molecule has 0 saturated carbocycles. The van der Waals surface area contributed by atoms with Gasteiger partial charge in [-0.2, -0.15) is 0 Å². The standard InChI is InChI=1S/C15H21N3O/c19-15(18-7-5-16-6-8-18)10-12-1-2-13-3-4-17-11-14(13)9-12/h1-2,9,16-17H,3-8,10-11H2. The van der Waals surface area contributed by atoms with Crippen LogP contribution in [0.3, 0.4) is 0 Å². The summed E-state index contributed by atoms with van der Waals surface area (Å²) in [5.41, 5.74) is 3.93. The van der Waals surface area contributed by atoms with Gasteiger partial charge in [0.25, 0.3) is 0 Å². The lowest BCUT2D eigenvalue weighted by molar-refractivity contribution is -0.131. The maximum atomic E-state index is 12.2. The Morgan fingerprint density at radius 2 is 1.95 bits per heavy atom. The van der Waals surface area contributed by atoms with E-state index in [1.807, 2.05) is 4.90 Å². The monoisotopic (exact) mass is 259 g/mol. The minimum atomic E-state index is 0.255. The second-order valence-electron chi connectivity index (χ2n) is 5.34. The zero-order valence-corrected chi connectivity index (χ0v) is 11.2. The molecule has 4 nitrogen and oxygen atoms in total. The number of amides is 1. The van der Waals surface area contributed by atoms with Crippen LogP contribution in [-0.2, 0) is 24.2 Å². The Hall–Kier alpha value is -1.39. The summed E-state index contributed by atoms with van der Waals surface area (Å²) in [7, 11) is 0. The van der Waals surface area contributed by atoms with Crippen LogP contribution in [0.2, 0.25) is 0 Å². The molecule has 4 heteroatoms. The van der Waals surface area contributed by atoms with Crippen molar-refractivity contribution in [3.63, 3.8) is 0 Å². The summed E-state index contributed by atoms with van der Waals surface area (Å²) < 4.78 is 0. The molecule has 1 aromatic carbocycles. The van der Waals surface area contributed by atoms with Gasteiger partial charge >= 0.3 is 0 Å². The summed E-state index contributed by atoms with van der Waals surface area (Å²) in [6.07, 6.45) is 1.63. The predicted octanol–water partition coefficient (Wildman–Crippen LogP) is 0.307. The van der Waals surface area contributed by atoms with E-state index >= 15 is 0 Å². The van der Waals surface area contributed by atoms with Gasteiger partial charge < -0.3 is 15.5 Å². The Bertz CT molecular complexity index is 466. The molecule has 2 heterocycles. The minimum absolute atomic E-state index is 0.255. The van der Waals surface area contributed by atoms with Crippen LogP contribution in [0.1, 0.15) is 16.7 Å². The molecule has 0 bridgehead atoms. The van der Waals surface area contributed by atoms with E-state index in [1.165, 1.54) is 11.1 Å². The third kappa shape index (κ3) is 2.96. The molecule has 3 rings (SSSR count). The first-order valence-corrected chi connectivity index (χ1v) is 7.13. The molecule has 0 aromatic heterocycles. The first-order valence-electron chi connectivity index (χ1n) is 7.13. The van der Waals surface area contributed by atoms with Crippen molar-refractivity contribution in [3.8, 4) is 0 Å². The number of hydrogen-bond donors (Lipinski definition) is 2. The average Bonchev–Trinajstić information content (AvgIpc) is 2.48. The molecule has 0 atom stereocenters. The number of piperazine rings is 1. The molecule has 1 fully saturated rings. The van der Waals surface area contributed by atoms with Crippen LogP contribution in [0, 0.1) is 0 Å². The van der Waals surface area contributed by atoms with Crippen LogP contribution < -0.4 is 10.6 Å². The number of nitrogens with zero attached hydrogens (tertiary/aromatic N) is 1. The summed E-state index contributed by atoms with van der Waals surface area (Å²) in [6.45, 7) is 5.51. The molecule has 1 saturated heterocycles. The lowest BCUT2D eigenvalue weighted by Crippen LogP contribution is -2.46. The molecule has 0 spiro atoms. The summed E-state index contributed by atoms with van der Waals surface area (Å²) in [6, 6.07) is 6.50. The van der Waals surface area contributed by atoms with Crippen molar-refractivity contribution in [2.24, 2.45) is 0 Å². The van der Waals surface area contributed by atoms with E-state index < -0.39 is 0 Å². The van der Waals surface area contributed by atoms with Crippen molar-refractivity contribution in [1.29, 1.82) is 0 Å². The van der Waals surface area contributed by atoms with Gasteiger partial charge in [-0.05, 0) is 29.7 Å². The number of hydrogen-bond acceptors (Lipinski definition) is 3. The van der Waals surface area contributed by atoms with Crippen LogP contribution in [0.15, 0.2) is 18.2 Å². The van der Waals surface area contributed by atoms with Crippen molar-refractivity contribution in [2.45, 2.75) is 19.4 Å². The molecule has 2 aliphatic rings. The zero-order valence-electron chi connectivity index (χ0n) is 11.2. The van der Waals surface area contributed by atoms with Gasteiger partial charge in [-0.1, -0.05) is 18.2 Å². The van der Waals surface area contributed by atoms with Gasteiger partial charge in [-0.25, -0.2) is 0 Å². The number of benzene rings is 1. The van der Waals surface area contributed by atoms with Crippen molar-refractivity contribution in [1.82, 2.24) is 15.5 Å². The maximum Gasteiger partial charge on any atom is 0.227 e. The lowest BCUT2D eigenvalue weighted by atomic mass is 9.97. The van der Waals surface area contributed by atoms with Crippen LogP contribution >= 0.6 is 0 Å². The van der Waals surface area contributed by atoms with Crippen molar-refractivity contribution in [3.05, 3.63) is 34.9 Å². The van der Waals surface area contributed by atoms with E-state index in [4.69, 9.17) is 0 Å². The smallest absolute Gasteiger partial charge is 0.227 e. The summed E-state index contributed by atoms with van der Waals surface area (Å²) in [4.78, 5) is 14.2. The molecule has 2 N–H and O–H groups in total. The van der Waals surface area contributed by atoms with Gasteiger partial charge in [0.1, 0.15) is 0 Å². The van der Waals surface area contributed by atoms with Crippen LogP contribution in [-0.4, -0.2) is 43.5 Å². The van der Waals surface area contributed by atoms with Gasteiger partial charge in [0.05, 0.1) is 6.42 Å². The summed E-state index contributed by atoms with van der Waals surface area (Å²) >= 11 is 0. The predicted molar refractivity (Wildman–Crippen MR) is 75.0 cm³/mol. The van der Waals surface area contributed by atoms with Gasteiger partial charge in [-0.3, -0.25) is 4.79 Å². The lowest BCUT2D eigenvalue weighted by Gasteiger charge is -2.27. The van der Waals surface area contributed by atoms with E-state index in [-0.39, 0.29) is 5.91 Å². The van der Waals surface area contributed by atoms with Crippen molar-refractivity contribution >= 4 is 5.91 Å². The average molecular weight is 259 g/mol. The topological polar surface area (TPSA) is 44.4 Å². The van der Waals surface area contributed by atoms with Gasteiger partial charge in [0.2, 0.25) is 5.91 Å². The molecule has 0 unspecified atom stereocenters. The van der Waals surface area contributed by atoms with E-state index in [2.05, 4.69) is 28.8 Å². The fourth-order valence-electron chi connectivity index (χ4n) is 2.84. The van der Waals surface area contributed by atoms with Crippen molar-refractivity contribution < 1.29 is 4.79 Å². The quantitative estimate of drug-likeness (QED) is 0.803. The number of nitrogens with one attached hydrogen (secondary N) is 2. The van der Waals surface area contributed by atoms with E-state index in [0.717, 1.165) is 51.3 Å². The van der Waals surface area contributed by atoms with E-state index in [0.29, 0.717) is 6.42 Å². The molecule has 19 heavy (non-hydrogen) atoms. The SMILES string of the molecule is O=C(Cc1ccc2c(c1)CNCC2)N1CCNCC1. The van der Waals surface area contributed by atoms with Gasteiger partial charge in [0, 0.05) is 32.7 Å². The third-order valence-corrected chi connectivity index (χ3v) is 3.98. The second kappa shape index (κ2) is 5.72. The molecule has 2 aliphatic heterocycles. The highest BCUT2D eigenvalue weighted by atomic mass is 16.2. The second-order valence-corrected chi connectivity index (χ2v) is 5.34. The largest absolute Gasteiger partial charge is 0.340 e. The molecule has 0 radical (unpaired) electrons. The van der Waals surface area contributed by atoms with Crippen LogP contribution in [0.5, 0.6) is 0 Å². The highest BCUT2D eigenvalue weighted by molar-refractivity contribution is 5.79. The van der Waals surface area contributed by atoms with Crippen LogP contribution in [0.4, 0.5) is 0 Å². The minimum Gasteiger partial charge on any atom is -0.340 e. The number of rotatable bonds is 2. The highest BCUT2D eigenvalue weighted by Gasteiger charge is 2.17. The Labute approximate surface area is 114 Å². The fraction of sp³-hybridized carbons (Fsp3) is 0.533. The molecule has 102 valence electrons. The fourth-order valence-corrected chi connectivity index (χ4v) is 2.84. The van der Waals surface area contributed by atoms with E-state index in [1.54, 1.807) is 0 Å². The third-order valence-electron chi connectivity index (χ3n) is 3.98. The summed E-state index contributed by atoms with van der Waals surface area (Å²) in [5, 5.41) is 6.65. The first-order chi connectivity index (χ1) is 9.33. The Kier molecular flexibility index (Phi) is 3.80. The maximum absolute atomic E-state index is 12.2. The molecular formula is C15H21N3O. The summed E-state index contributed by atoms with van der Waals surface area (Å²) in [5.74, 6) is 0.255. The Morgan fingerprint density at radius 1 is 1.11 bits per heavy atom. The number of fused-ring (bicyclic) bond motifs is 1. The van der Waals surface area contributed by atoms with E-state index in [9.17, 15) is 4.79 Å². The van der Waals surface area contributed by atoms with Crippen molar-refractivity contribution in [2.75, 3.05) is 32.7 Å². The Balaban J connectivity index is 1.67. The molecular weight excluding hydrogens is 238 g/mol. The van der Waals surface area contributed by atoms with Gasteiger partial charge in [-0.15, -0.1) is 0 Å². The highest BCUT2D eigenvalue weighted by Crippen LogP contribution is 2.16. The molecule has 1 aromatic rings. The van der Waals surface area contributed by atoms with Gasteiger partial charge in [0.15, 0.2) is 0 Å². The first kappa shape index (κ1) is 12.6. The number of carbonyl (C=O) groups excluding carboxylic acids is 1. The molecule has 0 aliphatic carbocycles. The zero-order chi connectivity index (χ0) is 13.1. The molecule has 1 amide bonds. The normalized spacial score (nSPS) is 19.1. The Morgan fingerprint density at radius 3 is 2.79 bits per heavy atom.